The zero-order valence-electron chi connectivity index (χ0n) is 10.4. The number of furan rings is 1. The van der Waals surface area contributed by atoms with Crippen molar-refractivity contribution in [2.24, 2.45) is 0 Å². The summed E-state index contributed by atoms with van der Waals surface area (Å²) in [6.45, 7) is 1.89. The van der Waals surface area contributed by atoms with E-state index >= 15 is 0 Å². The molecule has 0 aliphatic rings. The molecule has 0 saturated heterocycles. The Hall–Kier alpha value is -2.40. The van der Waals surface area contributed by atoms with E-state index in [0.29, 0.717) is 11.5 Å². The predicted molar refractivity (Wildman–Crippen MR) is 68.9 cm³/mol. The molecule has 19 heavy (non-hydrogen) atoms. The fourth-order valence-corrected chi connectivity index (χ4v) is 2.00. The normalized spacial score (nSPS) is 12.5. The Labute approximate surface area is 110 Å². The summed E-state index contributed by atoms with van der Waals surface area (Å²) in [4.78, 5) is 0. The van der Waals surface area contributed by atoms with Crippen molar-refractivity contribution in [3.05, 3.63) is 65.9 Å². The molecule has 0 aliphatic heterocycles. The quantitative estimate of drug-likeness (QED) is 0.779. The van der Waals surface area contributed by atoms with Crippen LogP contribution in [0.5, 0.6) is 0 Å². The van der Waals surface area contributed by atoms with Crippen LogP contribution in [-0.4, -0.2) is 20.1 Å². The molecule has 3 rings (SSSR count). The Morgan fingerprint density at radius 3 is 2.68 bits per heavy atom. The summed E-state index contributed by atoms with van der Waals surface area (Å²) in [7, 11) is 0. The predicted octanol–water partition coefficient (Wildman–Crippen LogP) is 2.25. The summed E-state index contributed by atoms with van der Waals surface area (Å²) in [5.41, 5.74) is 2.32. The van der Waals surface area contributed by atoms with E-state index in [2.05, 4.69) is 10.3 Å². The minimum absolute atomic E-state index is 0.513. The van der Waals surface area contributed by atoms with Crippen LogP contribution in [0.25, 0.3) is 5.69 Å². The number of aryl methyl sites for hydroxylation is 1. The molecule has 2 heterocycles. The van der Waals surface area contributed by atoms with Crippen molar-refractivity contribution >= 4 is 0 Å². The zero-order chi connectivity index (χ0) is 13.2. The van der Waals surface area contributed by atoms with Gasteiger partial charge in [0, 0.05) is 0 Å². The minimum atomic E-state index is -0.884. The summed E-state index contributed by atoms with van der Waals surface area (Å²) in [6, 6.07) is 11.4. The molecule has 5 heteroatoms. The number of aliphatic hydroxyl groups is 1. The van der Waals surface area contributed by atoms with E-state index in [4.69, 9.17) is 4.42 Å². The standard InChI is InChI=1S/C14H13N3O2/c1-10-7-8-19-14(10)13(18)12-9-15-16-17(12)11-5-3-2-4-6-11/h2-9,13,18H,1H3. The highest BCUT2D eigenvalue weighted by Crippen LogP contribution is 2.26. The maximum Gasteiger partial charge on any atom is 0.155 e. The van der Waals surface area contributed by atoms with Gasteiger partial charge < -0.3 is 9.52 Å². The third kappa shape index (κ3) is 2.04. The molecule has 0 bridgehead atoms. The number of rotatable bonds is 3. The lowest BCUT2D eigenvalue weighted by Crippen LogP contribution is -2.08. The first-order chi connectivity index (χ1) is 9.27. The van der Waals surface area contributed by atoms with Gasteiger partial charge in [-0.15, -0.1) is 5.10 Å². The highest BCUT2D eigenvalue weighted by Gasteiger charge is 2.21. The lowest BCUT2D eigenvalue weighted by molar-refractivity contribution is 0.181. The maximum atomic E-state index is 10.4. The second-order valence-electron chi connectivity index (χ2n) is 4.28. The van der Waals surface area contributed by atoms with Crippen LogP contribution in [0.1, 0.15) is 23.1 Å². The average molecular weight is 255 g/mol. The molecule has 0 radical (unpaired) electrons. The zero-order valence-corrected chi connectivity index (χ0v) is 10.4. The molecule has 0 amide bonds. The minimum Gasteiger partial charge on any atom is -0.466 e. The monoisotopic (exact) mass is 255 g/mol. The van der Waals surface area contributed by atoms with Crippen molar-refractivity contribution in [1.29, 1.82) is 0 Å². The first kappa shape index (κ1) is 11.7. The first-order valence-electron chi connectivity index (χ1n) is 5.95. The second kappa shape index (κ2) is 4.70. The van der Waals surface area contributed by atoms with E-state index in [-0.39, 0.29) is 0 Å². The van der Waals surface area contributed by atoms with Crippen molar-refractivity contribution in [3.63, 3.8) is 0 Å². The van der Waals surface area contributed by atoms with Crippen molar-refractivity contribution in [3.8, 4) is 5.69 Å². The van der Waals surface area contributed by atoms with Gasteiger partial charge in [0.05, 0.1) is 18.1 Å². The van der Waals surface area contributed by atoms with E-state index < -0.39 is 6.10 Å². The molecular weight excluding hydrogens is 242 g/mol. The molecule has 0 aliphatic carbocycles. The molecule has 1 unspecified atom stereocenters. The molecule has 5 nitrogen and oxygen atoms in total. The molecule has 1 aromatic carbocycles. The van der Waals surface area contributed by atoms with E-state index in [1.54, 1.807) is 17.1 Å². The molecule has 0 spiro atoms. The fraction of sp³-hybridized carbons (Fsp3) is 0.143. The Balaban J connectivity index is 2.04. The van der Waals surface area contributed by atoms with E-state index in [0.717, 1.165) is 11.3 Å². The summed E-state index contributed by atoms with van der Waals surface area (Å²) in [5.74, 6) is 0.513. The van der Waals surface area contributed by atoms with Crippen LogP contribution in [0, 0.1) is 6.92 Å². The number of aromatic nitrogens is 3. The highest BCUT2D eigenvalue weighted by molar-refractivity contribution is 5.34. The van der Waals surface area contributed by atoms with Gasteiger partial charge in [0.1, 0.15) is 11.5 Å². The summed E-state index contributed by atoms with van der Waals surface area (Å²) in [5, 5.41) is 18.3. The highest BCUT2D eigenvalue weighted by atomic mass is 16.4. The molecular formula is C14H13N3O2. The van der Waals surface area contributed by atoms with Gasteiger partial charge >= 0.3 is 0 Å². The topological polar surface area (TPSA) is 64.1 Å². The smallest absolute Gasteiger partial charge is 0.155 e. The average Bonchev–Trinajstić information content (AvgIpc) is 3.07. The number of nitrogens with zero attached hydrogens (tertiary/aromatic N) is 3. The largest absolute Gasteiger partial charge is 0.466 e. The van der Waals surface area contributed by atoms with Crippen LogP contribution in [0.4, 0.5) is 0 Å². The van der Waals surface area contributed by atoms with Crippen molar-refractivity contribution < 1.29 is 9.52 Å². The van der Waals surface area contributed by atoms with Crippen molar-refractivity contribution in [1.82, 2.24) is 15.0 Å². The lowest BCUT2D eigenvalue weighted by atomic mass is 10.1. The molecule has 2 aromatic heterocycles. The van der Waals surface area contributed by atoms with Gasteiger partial charge in [-0.3, -0.25) is 0 Å². The van der Waals surface area contributed by atoms with Gasteiger partial charge in [0.15, 0.2) is 6.10 Å². The number of benzene rings is 1. The molecule has 1 N–H and O–H groups in total. The van der Waals surface area contributed by atoms with Gasteiger partial charge in [-0.25, -0.2) is 4.68 Å². The van der Waals surface area contributed by atoms with Gasteiger partial charge in [0.25, 0.3) is 0 Å². The Bertz CT molecular complexity index is 673. The Morgan fingerprint density at radius 2 is 2.00 bits per heavy atom. The SMILES string of the molecule is Cc1ccoc1C(O)c1cnnn1-c1ccccc1. The third-order valence-electron chi connectivity index (χ3n) is 3.01. The first-order valence-corrected chi connectivity index (χ1v) is 5.95. The fourth-order valence-electron chi connectivity index (χ4n) is 2.00. The van der Waals surface area contributed by atoms with Gasteiger partial charge in [-0.2, -0.15) is 0 Å². The van der Waals surface area contributed by atoms with Crippen LogP contribution in [-0.2, 0) is 0 Å². The van der Waals surface area contributed by atoms with Gasteiger partial charge in [0.2, 0.25) is 0 Å². The van der Waals surface area contributed by atoms with E-state index in [9.17, 15) is 5.11 Å². The van der Waals surface area contributed by atoms with Gasteiger partial charge in [-0.1, -0.05) is 23.4 Å². The number of hydrogen-bond acceptors (Lipinski definition) is 4. The van der Waals surface area contributed by atoms with E-state index in [1.165, 1.54) is 0 Å². The summed E-state index contributed by atoms with van der Waals surface area (Å²) >= 11 is 0. The summed E-state index contributed by atoms with van der Waals surface area (Å²) in [6.07, 6.45) is 2.22. The molecule has 0 fully saturated rings. The molecule has 0 saturated carbocycles. The van der Waals surface area contributed by atoms with Crippen LogP contribution < -0.4 is 0 Å². The third-order valence-corrected chi connectivity index (χ3v) is 3.01. The Kier molecular flexibility index (Phi) is 2.89. The second-order valence-corrected chi connectivity index (χ2v) is 4.28. The molecule has 96 valence electrons. The number of para-hydroxylation sites is 1. The van der Waals surface area contributed by atoms with Crippen molar-refractivity contribution in [2.75, 3.05) is 0 Å². The van der Waals surface area contributed by atoms with Crippen LogP contribution in [0.3, 0.4) is 0 Å². The van der Waals surface area contributed by atoms with Crippen LogP contribution in [0.2, 0.25) is 0 Å². The van der Waals surface area contributed by atoms with Crippen LogP contribution >= 0.6 is 0 Å². The lowest BCUT2D eigenvalue weighted by Gasteiger charge is -2.11. The summed E-state index contributed by atoms with van der Waals surface area (Å²) < 4.78 is 6.93. The van der Waals surface area contributed by atoms with Crippen molar-refractivity contribution in [2.45, 2.75) is 13.0 Å². The Morgan fingerprint density at radius 1 is 1.21 bits per heavy atom. The molecule has 3 aromatic rings. The number of hydrogen-bond donors (Lipinski definition) is 1. The van der Waals surface area contributed by atoms with E-state index in [1.807, 2.05) is 43.3 Å². The maximum absolute atomic E-state index is 10.4. The van der Waals surface area contributed by atoms with Gasteiger partial charge in [-0.05, 0) is 30.7 Å². The molecule has 1 atom stereocenters. The van der Waals surface area contributed by atoms with Crippen LogP contribution in [0.15, 0.2) is 53.3 Å². The number of aliphatic hydroxyl groups excluding tert-OH is 1.